The number of halogens is 2. The molecule has 1 aromatic heterocycles. The van der Waals surface area contributed by atoms with Gasteiger partial charge in [0, 0.05) is 30.4 Å². The monoisotopic (exact) mass is 572 g/mol. The Hall–Kier alpha value is -3.76. The standard InChI is InChI=1S/C27H30Cl2N6O4/c1-27(2,3)39-26(38)34-13-5-6-18(14-34)32-25(37)16-9-11-17(12-10-16)31-21-15-35(33-22(21)24(30)36)23-19(28)7-4-8-20(23)29/h4,7-12,15,18,31H,5-6,13-14H2,1-3H3,(H2,30,36)(H,32,37). The molecule has 0 radical (unpaired) electrons. The number of rotatable bonds is 6. The van der Waals surface area contributed by atoms with E-state index in [2.05, 4.69) is 15.7 Å². The van der Waals surface area contributed by atoms with Gasteiger partial charge in [0.1, 0.15) is 11.3 Å². The predicted molar refractivity (Wildman–Crippen MR) is 150 cm³/mol. The Kier molecular flexibility index (Phi) is 8.36. The van der Waals surface area contributed by atoms with E-state index in [0.29, 0.717) is 45.8 Å². The summed E-state index contributed by atoms with van der Waals surface area (Å²) in [5, 5.41) is 11.1. The van der Waals surface area contributed by atoms with Crippen molar-refractivity contribution in [1.29, 1.82) is 0 Å². The van der Waals surface area contributed by atoms with Crippen LogP contribution in [0.1, 0.15) is 54.5 Å². The molecule has 1 aliphatic rings. The van der Waals surface area contributed by atoms with Crippen molar-refractivity contribution in [1.82, 2.24) is 20.0 Å². The number of primary amides is 1. The van der Waals surface area contributed by atoms with E-state index in [1.165, 1.54) is 4.68 Å². The lowest BCUT2D eigenvalue weighted by atomic mass is 10.1. The third kappa shape index (κ3) is 7.01. The fraction of sp³-hybridized carbons (Fsp3) is 0.333. The number of para-hydroxylation sites is 1. The maximum Gasteiger partial charge on any atom is 0.410 e. The minimum absolute atomic E-state index is 0.000328. The first kappa shape index (κ1) is 28.3. The van der Waals surface area contributed by atoms with E-state index in [9.17, 15) is 14.4 Å². The SMILES string of the molecule is CC(C)(C)OC(=O)N1CCCC(NC(=O)c2ccc(Nc3cn(-c4c(Cl)cccc4Cl)nc3C(N)=O)cc2)C1. The third-order valence-corrected chi connectivity index (χ3v) is 6.56. The number of nitrogens with one attached hydrogen (secondary N) is 2. The number of nitrogens with zero attached hydrogens (tertiary/aromatic N) is 3. The first-order chi connectivity index (χ1) is 18.4. The Balaban J connectivity index is 1.43. The summed E-state index contributed by atoms with van der Waals surface area (Å²) in [7, 11) is 0. The Morgan fingerprint density at radius 2 is 1.74 bits per heavy atom. The van der Waals surface area contributed by atoms with Crippen LogP contribution in [-0.2, 0) is 4.74 Å². The van der Waals surface area contributed by atoms with Crippen molar-refractivity contribution < 1.29 is 19.1 Å². The van der Waals surface area contributed by atoms with Gasteiger partial charge in [-0.25, -0.2) is 9.48 Å². The summed E-state index contributed by atoms with van der Waals surface area (Å²) in [6.45, 7) is 6.44. The molecule has 206 valence electrons. The zero-order chi connectivity index (χ0) is 28.3. The van der Waals surface area contributed by atoms with Crippen molar-refractivity contribution in [3.63, 3.8) is 0 Å². The highest BCUT2D eigenvalue weighted by atomic mass is 35.5. The van der Waals surface area contributed by atoms with Gasteiger partial charge in [-0.2, -0.15) is 5.10 Å². The fourth-order valence-corrected chi connectivity index (χ4v) is 4.76. The number of aromatic nitrogens is 2. The van der Waals surface area contributed by atoms with Gasteiger partial charge < -0.3 is 26.0 Å². The molecule has 12 heteroatoms. The number of nitrogens with two attached hydrogens (primary N) is 1. The molecular weight excluding hydrogens is 543 g/mol. The van der Waals surface area contributed by atoms with Crippen LogP contribution in [0.4, 0.5) is 16.2 Å². The second-order valence-corrected chi connectivity index (χ2v) is 11.0. The van der Waals surface area contributed by atoms with E-state index in [1.54, 1.807) is 53.6 Å². The van der Waals surface area contributed by atoms with Gasteiger partial charge in [0.15, 0.2) is 5.69 Å². The van der Waals surface area contributed by atoms with Crippen LogP contribution in [0.25, 0.3) is 5.69 Å². The highest BCUT2D eigenvalue weighted by molar-refractivity contribution is 6.37. The van der Waals surface area contributed by atoms with Crippen LogP contribution in [0.2, 0.25) is 10.0 Å². The molecule has 39 heavy (non-hydrogen) atoms. The van der Waals surface area contributed by atoms with E-state index >= 15 is 0 Å². The lowest BCUT2D eigenvalue weighted by Gasteiger charge is -2.34. The Bertz CT molecular complexity index is 1360. The topological polar surface area (TPSA) is 132 Å². The molecular formula is C27H30Cl2N6O4. The summed E-state index contributed by atoms with van der Waals surface area (Å²) in [4.78, 5) is 39.0. The molecule has 10 nitrogen and oxygen atoms in total. The summed E-state index contributed by atoms with van der Waals surface area (Å²) in [5.74, 6) is -0.986. The summed E-state index contributed by atoms with van der Waals surface area (Å²) in [6, 6.07) is 11.6. The molecule has 1 saturated heterocycles. The maximum atomic E-state index is 12.9. The molecule has 0 saturated carbocycles. The molecule has 1 fully saturated rings. The van der Waals surface area contributed by atoms with E-state index in [0.717, 1.165) is 12.8 Å². The molecule has 3 aromatic rings. The lowest BCUT2D eigenvalue weighted by molar-refractivity contribution is 0.0185. The fourth-order valence-electron chi connectivity index (χ4n) is 4.19. The lowest BCUT2D eigenvalue weighted by Crippen LogP contribution is -2.50. The second-order valence-electron chi connectivity index (χ2n) is 10.2. The maximum absolute atomic E-state index is 12.9. The molecule has 2 heterocycles. The van der Waals surface area contributed by atoms with Gasteiger partial charge in [-0.05, 0) is 70.0 Å². The second kappa shape index (κ2) is 11.5. The van der Waals surface area contributed by atoms with E-state index in [1.807, 2.05) is 20.8 Å². The molecule has 1 aliphatic heterocycles. The molecule has 1 atom stereocenters. The van der Waals surface area contributed by atoms with Gasteiger partial charge in [0.2, 0.25) is 0 Å². The summed E-state index contributed by atoms with van der Waals surface area (Å²) in [5.41, 5.74) is 6.77. The highest BCUT2D eigenvalue weighted by Crippen LogP contribution is 2.30. The van der Waals surface area contributed by atoms with Gasteiger partial charge in [-0.1, -0.05) is 29.3 Å². The Morgan fingerprint density at radius 3 is 2.36 bits per heavy atom. The number of amides is 3. The number of carbonyl (C=O) groups is 3. The van der Waals surface area contributed by atoms with Crippen LogP contribution in [0.5, 0.6) is 0 Å². The zero-order valence-corrected chi connectivity index (χ0v) is 23.3. The zero-order valence-electron chi connectivity index (χ0n) is 21.8. The number of benzene rings is 2. The average molecular weight is 573 g/mol. The van der Waals surface area contributed by atoms with Crippen molar-refractivity contribution in [2.75, 3.05) is 18.4 Å². The summed E-state index contributed by atoms with van der Waals surface area (Å²) in [6.07, 6.45) is 2.71. The van der Waals surface area contributed by atoms with E-state index in [4.69, 9.17) is 33.7 Å². The smallest absolute Gasteiger partial charge is 0.410 e. The number of anilines is 2. The molecule has 0 bridgehead atoms. The Labute approximate surface area is 236 Å². The van der Waals surface area contributed by atoms with Crippen molar-refractivity contribution in [3.8, 4) is 5.69 Å². The minimum Gasteiger partial charge on any atom is -0.444 e. The number of hydrogen-bond acceptors (Lipinski definition) is 6. The van der Waals surface area contributed by atoms with Gasteiger partial charge in [-0.15, -0.1) is 0 Å². The quantitative estimate of drug-likeness (QED) is 0.374. The van der Waals surface area contributed by atoms with E-state index in [-0.39, 0.29) is 23.7 Å². The van der Waals surface area contributed by atoms with Crippen LogP contribution in [0.3, 0.4) is 0 Å². The minimum atomic E-state index is -0.733. The van der Waals surface area contributed by atoms with Crippen molar-refractivity contribution in [2.24, 2.45) is 5.73 Å². The first-order valence-corrected chi connectivity index (χ1v) is 13.2. The molecule has 1 unspecified atom stereocenters. The van der Waals surface area contributed by atoms with Crippen molar-refractivity contribution >= 4 is 52.5 Å². The van der Waals surface area contributed by atoms with Crippen LogP contribution >= 0.6 is 23.2 Å². The van der Waals surface area contributed by atoms with Gasteiger partial charge in [-0.3, -0.25) is 9.59 Å². The largest absolute Gasteiger partial charge is 0.444 e. The van der Waals surface area contributed by atoms with Crippen LogP contribution in [0, 0.1) is 0 Å². The number of carbonyl (C=O) groups excluding carboxylic acids is 3. The van der Waals surface area contributed by atoms with Gasteiger partial charge >= 0.3 is 6.09 Å². The number of piperidine rings is 1. The van der Waals surface area contributed by atoms with Crippen molar-refractivity contribution in [3.05, 3.63) is 70.0 Å². The van der Waals surface area contributed by atoms with Gasteiger partial charge in [0.05, 0.1) is 21.9 Å². The van der Waals surface area contributed by atoms with Crippen molar-refractivity contribution in [2.45, 2.75) is 45.3 Å². The average Bonchev–Trinajstić information content (AvgIpc) is 3.27. The highest BCUT2D eigenvalue weighted by Gasteiger charge is 2.28. The molecule has 3 amide bonds. The molecule has 2 aromatic carbocycles. The van der Waals surface area contributed by atoms with Crippen LogP contribution < -0.4 is 16.4 Å². The first-order valence-electron chi connectivity index (χ1n) is 12.4. The molecule has 4 N–H and O–H groups in total. The number of hydrogen-bond donors (Lipinski definition) is 3. The summed E-state index contributed by atoms with van der Waals surface area (Å²) < 4.78 is 6.85. The Morgan fingerprint density at radius 1 is 1.08 bits per heavy atom. The normalized spacial score (nSPS) is 15.5. The predicted octanol–water partition coefficient (Wildman–Crippen LogP) is 5.15. The molecule has 4 rings (SSSR count). The molecule has 0 spiro atoms. The third-order valence-electron chi connectivity index (χ3n) is 5.95. The number of ether oxygens (including phenoxy) is 1. The summed E-state index contributed by atoms with van der Waals surface area (Å²) >= 11 is 12.6. The molecule has 0 aliphatic carbocycles. The van der Waals surface area contributed by atoms with E-state index < -0.39 is 11.5 Å². The van der Waals surface area contributed by atoms with Crippen LogP contribution in [-0.4, -0.2) is 57.3 Å². The number of likely N-dealkylation sites (tertiary alicyclic amines) is 1. The van der Waals surface area contributed by atoms with Crippen LogP contribution in [0.15, 0.2) is 48.7 Å². The van der Waals surface area contributed by atoms with Gasteiger partial charge in [0.25, 0.3) is 11.8 Å².